The van der Waals surface area contributed by atoms with E-state index in [1.165, 1.54) is 4.90 Å². The first-order chi connectivity index (χ1) is 10.6. The van der Waals surface area contributed by atoms with Crippen molar-refractivity contribution >= 4 is 27.9 Å². The highest BCUT2D eigenvalue weighted by atomic mass is 79.9. The van der Waals surface area contributed by atoms with Crippen molar-refractivity contribution in [1.82, 2.24) is 10.2 Å². The van der Waals surface area contributed by atoms with Crippen LogP contribution in [0.1, 0.15) is 37.7 Å². The molecule has 5 nitrogen and oxygen atoms in total. The molecular formula is C16H19BrN2O3. The van der Waals surface area contributed by atoms with Crippen molar-refractivity contribution in [2.75, 3.05) is 7.11 Å². The molecule has 2 fully saturated rings. The number of ether oxygens (including phenoxy) is 1. The van der Waals surface area contributed by atoms with Crippen LogP contribution >= 0.6 is 15.9 Å². The lowest BCUT2D eigenvalue weighted by molar-refractivity contribution is -0.132. The zero-order valence-electron chi connectivity index (χ0n) is 12.5. The van der Waals surface area contributed by atoms with Gasteiger partial charge in [0.05, 0.1) is 18.1 Å². The van der Waals surface area contributed by atoms with Crippen LogP contribution in [0.5, 0.6) is 5.75 Å². The normalized spacial score (nSPS) is 20.4. The molecular weight excluding hydrogens is 348 g/mol. The van der Waals surface area contributed by atoms with E-state index in [-0.39, 0.29) is 18.5 Å². The average Bonchev–Trinajstić information content (AvgIpc) is 2.73. The summed E-state index contributed by atoms with van der Waals surface area (Å²) in [6, 6.07) is 5.30. The molecule has 3 rings (SSSR count). The van der Waals surface area contributed by atoms with Crippen molar-refractivity contribution < 1.29 is 14.3 Å². The Hall–Kier alpha value is -1.56. The minimum absolute atomic E-state index is 0.0795. The first-order valence-corrected chi connectivity index (χ1v) is 8.31. The average molecular weight is 367 g/mol. The van der Waals surface area contributed by atoms with Crippen LogP contribution < -0.4 is 10.1 Å². The molecule has 1 spiro atoms. The van der Waals surface area contributed by atoms with E-state index >= 15 is 0 Å². The van der Waals surface area contributed by atoms with Gasteiger partial charge in [-0.3, -0.25) is 9.69 Å². The van der Waals surface area contributed by atoms with E-state index < -0.39 is 5.54 Å². The number of imide groups is 1. The number of amides is 3. The zero-order chi connectivity index (χ0) is 15.7. The van der Waals surface area contributed by atoms with Gasteiger partial charge in [-0.2, -0.15) is 0 Å². The van der Waals surface area contributed by atoms with Crippen LogP contribution in [0.4, 0.5) is 4.79 Å². The number of hydrogen-bond donors (Lipinski definition) is 1. The minimum Gasteiger partial charge on any atom is -0.496 e. The van der Waals surface area contributed by atoms with Crippen molar-refractivity contribution in [1.29, 1.82) is 0 Å². The van der Waals surface area contributed by atoms with E-state index in [2.05, 4.69) is 21.2 Å². The van der Waals surface area contributed by atoms with E-state index in [0.717, 1.165) is 47.9 Å². The first-order valence-electron chi connectivity index (χ1n) is 7.52. The van der Waals surface area contributed by atoms with Crippen LogP contribution in [0.2, 0.25) is 0 Å². The third-order valence-electron chi connectivity index (χ3n) is 4.51. The zero-order valence-corrected chi connectivity index (χ0v) is 14.1. The maximum Gasteiger partial charge on any atom is 0.325 e. The molecule has 1 heterocycles. The highest BCUT2D eigenvalue weighted by molar-refractivity contribution is 9.10. The number of hydrogen-bond acceptors (Lipinski definition) is 3. The lowest BCUT2D eigenvalue weighted by atomic mass is 9.82. The topological polar surface area (TPSA) is 58.6 Å². The Morgan fingerprint density at radius 1 is 1.27 bits per heavy atom. The molecule has 1 aliphatic heterocycles. The monoisotopic (exact) mass is 366 g/mol. The standard InChI is InChI=1S/C16H19BrN2O3/c1-22-13-6-5-11(9-12(13)17)10-19-14(20)16(18-15(19)21)7-3-2-4-8-16/h5-6,9H,2-4,7-8,10H2,1H3,(H,18,21). The van der Waals surface area contributed by atoms with Gasteiger partial charge in [0, 0.05) is 0 Å². The molecule has 22 heavy (non-hydrogen) atoms. The predicted molar refractivity (Wildman–Crippen MR) is 85.6 cm³/mol. The molecule has 1 saturated carbocycles. The lowest BCUT2D eigenvalue weighted by Crippen LogP contribution is -2.48. The van der Waals surface area contributed by atoms with Crippen LogP contribution in [0.25, 0.3) is 0 Å². The first kappa shape index (κ1) is 15.3. The van der Waals surface area contributed by atoms with Crippen LogP contribution in [-0.4, -0.2) is 29.5 Å². The number of nitrogens with zero attached hydrogens (tertiary/aromatic N) is 1. The van der Waals surface area contributed by atoms with Gasteiger partial charge in [-0.1, -0.05) is 25.3 Å². The van der Waals surface area contributed by atoms with Crippen LogP contribution in [0, 0.1) is 0 Å². The Kier molecular flexibility index (Phi) is 4.12. The summed E-state index contributed by atoms with van der Waals surface area (Å²) in [6.45, 7) is 0.287. The molecule has 2 aliphatic rings. The van der Waals surface area contributed by atoms with E-state index in [9.17, 15) is 9.59 Å². The number of nitrogens with one attached hydrogen (secondary N) is 1. The fourth-order valence-electron chi connectivity index (χ4n) is 3.30. The maximum atomic E-state index is 12.7. The quantitative estimate of drug-likeness (QED) is 0.835. The molecule has 0 unspecified atom stereocenters. The summed E-state index contributed by atoms with van der Waals surface area (Å²) < 4.78 is 6.01. The van der Waals surface area contributed by atoms with Gasteiger partial charge >= 0.3 is 6.03 Å². The third kappa shape index (κ3) is 2.60. The molecule has 0 bridgehead atoms. The van der Waals surface area contributed by atoms with Crippen molar-refractivity contribution in [3.05, 3.63) is 28.2 Å². The Morgan fingerprint density at radius 3 is 2.64 bits per heavy atom. The van der Waals surface area contributed by atoms with Gasteiger partial charge in [-0.15, -0.1) is 0 Å². The Balaban J connectivity index is 1.79. The molecule has 1 N–H and O–H groups in total. The number of methoxy groups -OCH3 is 1. The SMILES string of the molecule is COc1ccc(CN2C(=O)NC3(CCCCC3)C2=O)cc1Br. The van der Waals surface area contributed by atoms with E-state index in [1.54, 1.807) is 7.11 Å². The van der Waals surface area contributed by atoms with Crippen molar-refractivity contribution in [3.8, 4) is 5.75 Å². The van der Waals surface area contributed by atoms with E-state index in [0.29, 0.717) is 0 Å². The van der Waals surface area contributed by atoms with Crippen molar-refractivity contribution in [2.24, 2.45) is 0 Å². The predicted octanol–water partition coefficient (Wildman–Crippen LogP) is 3.21. The molecule has 118 valence electrons. The molecule has 0 aromatic heterocycles. The maximum absolute atomic E-state index is 12.7. The second kappa shape index (κ2) is 5.91. The summed E-state index contributed by atoms with van der Waals surface area (Å²) in [4.78, 5) is 26.3. The smallest absolute Gasteiger partial charge is 0.325 e. The molecule has 6 heteroatoms. The molecule has 0 radical (unpaired) electrons. The lowest BCUT2D eigenvalue weighted by Gasteiger charge is -2.30. The summed E-state index contributed by atoms with van der Waals surface area (Å²) in [7, 11) is 1.60. The van der Waals surface area contributed by atoms with Gasteiger partial charge in [-0.25, -0.2) is 4.79 Å². The number of rotatable bonds is 3. The van der Waals surface area contributed by atoms with Gasteiger partial charge in [0.1, 0.15) is 11.3 Å². The summed E-state index contributed by atoms with van der Waals surface area (Å²) >= 11 is 3.43. The number of benzene rings is 1. The molecule has 1 aromatic carbocycles. The van der Waals surface area contributed by atoms with Gasteiger partial charge in [0.15, 0.2) is 0 Å². The number of urea groups is 1. The molecule has 0 atom stereocenters. The van der Waals surface area contributed by atoms with Crippen LogP contribution in [0.3, 0.4) is 0 Å². The van der Waals surface area contributed by atoms with Gasteiger partial charge in [0.25, 0.3) is 5.91 Å². The Morgan fingerprint density at radius 2 is 2.00 bits per heavy atom. The van der Waals surface area contributed by atoms with Crippen molar-refractivity contribution in [2.45, 2.75) is 44.2 Å². The van der Waals surface area contributed by atoms with E-state index in [4.69, 9.17) is 4.74 Å². The molecule has 3 amide bonds. The Labute approximate surface area is 138 Å². The molecule has 1 aliphatic carbocycles. The van der Waals surface area contributed by atoms with Crippen LogP contribution in [-0.2, 0) is 11.3 Å². The van der Waals surface area contributed by atoms with Gasteiger partial charge < -0.3 is 10.1 Å². The van der Waals surface area contributed by atoms with Crippen LogP contribution in [0.15, 0.2) is 22.7 Å². The number of carbonyl (C=O) groups excluding carboxylic acids is 2. The fraction of sp³-hybridized carbons (Fsp3) is 0.500. The fourth-order valence-corrected chi connectivity index (χ4v) is 3.89. The summed E-state index contributed by atoms with van der Waals surface area (Å²) in [6.07, 6.45) is 4.62. The van der Waals surface area contributed by atoms with Crippen molar-refractivity contribution in [3.63, 3.8) is 0 Å². The highest BCUT2D eigenvalue weighted by Gasteiger charge is 2.51. The molecule has 1 saturated heterocycles. The highest BCUT2D eigenvalue weighted by Crippen LogP contribution is 2.34. The summed E-state index contributed by atoms with van der Waals surface area (Å²) in [5.41, 5.74) is 0.239. The summed E-state index contributed by atoms with van der Waals surface area (Å²) in [5.74, 6) is 0.647. The second-order valence-electron chi connectivity index (χ2n) is 5.93. The van der Waals surface area contributed by atoms with E-state index in [1.807, 2.05) is 18.2 Å². The Bertz CT molecular complexity index is 611. The third-order valence-corrected chi connectivity index (χ3v) is 5.13. The number of halogens is 1. The minimum atomic E-state index is -0.654. The molecule has 1 aromatic rings. The van der Waals surface area contributed by atoms with Gasteiger partial charge in [0.2, 0.25) is 0 Å². The number of carbonyl (C=O) groups is 2. The second-order valence-corrected chi connectivity index (χ2v) is 6.79. The summed E-state index contributed by atoms with van der Waals surface area (Å²) in [5, 5.41) is 2.93. The largest absolute Gasteiger partial charge is 0.496 e. The van der Waals surface area contributed by atoms with Gasteiger partial charge in [-0.05, 0) is 46.5 Å².